The van der Waals surface area contributed by atoms with Crippen molar-refractivity contribution in [2.24, 2.45) is 0 Å². The summed E-state index contributed by atoms with van der Waals surface area (Å²) < 4.78 is 43.4. The van der Waals surface area contributed by atoms with Crippen LogP contribution in [0.1, 0.15) is 16.9 Å². The molecule has 1 saturated heterocycles. The van der Waals surface area contributed by atoms with Crippen LogP contribution in [0.3, 0.4) is 0 Å². The molecule has 0 aliphatic carbocycles. The van der Waals surface area contributed by atoms with Gasteiger partial charge in [-0.3, -0.25) is 4.79 Å². The number of quaternary nitrogens is 2. The van der Waals surface area contributed by atoms with Crippen molar-refractivity contribution >= 4 is 11.7 Å². The van der Waals surface area contributed by atoms with Crippen molar-refractivity contribution in [2.75, 3.05) is 38.0 Å². The highest BCUT2D eigenvalue weighted by atomic mass is 19.4. The molecule has 1 fully saturated rings. The predicted octanol–water partition coefficient (Wildman–Crippen LogP) is -0.0761. The number of aromatic nitrogens is 1. The minimum atomic E-state index is -4.32. The van der Waals surface area contributed by atoms with Crippen molar-refractivity contribution in [3.63, 3.8) is 0 Å². The van der Waals surface area contributed by atoms with Gasteiger partial charge in [-0.15, -0.1) is 0 Å². The fourth-order valence-corrected chi connectivity index (χ4v) is 3.30. The summed E-state index contributed by atoms with van der Waals surface area (Å²) in [4.78, 5) is 14.4. The van der Waals surface area contributed by atoms with Gasteiger partial charge in [0.05, 0.1) is 5.56 Å². The number of benzene rings is 1. The van der Waals surface area contributed by atoms with E-state index in [2.05, 4.69) is 10.5 Å². The zero-order chi connectivity index (χ0) is 19.4. The molecule has 2 heterocycles. The summed E-state index contributed by atoms with van der Waals surface area (Å²) in [6.07, 6.45) is -4.32. The summed E-state index contributed by atoms with van der Waals surface area (Å²) in [5.41, 5.74) is 0.0749. The molecule has 1 aliphatic heterocycles. The first-order chi connectivity index (χ1) is 12.8. The van der Waals surface area contributed by atoms with Crippen molar-refractivity contribution in [3.05, 3.63) is 47.2 Å². The van der Waals surface area contributed by atoms with E-state index in [1.54, 1.807) is 19.1 Å². The molecule has 0 unspecified atom stereocenters. The van der Waals surface area contributed by atoms with E-state index >= 15 is 0 Å². The highest BCUT2D eigenvalue weighted by Crippen LogP contribution is 2.29. The monoisotopic (exact) mass is 384 g/mol. The van der Waals surface area contributed by atoms with Crippen molar-refractivity contribution in [3.8, 4) is 0 Å². The number of halogens is 3. The van der Waals surface area contributed by atoms with Crippen LogP contribution in [0.2, 0.25) is 0 Å². The minimum Gasteiger partial charge on any atom is -0.360 e. The Kier molecular flexibility index (Phi) is 5.81. The molecule has 1 aromatic heterocycles. The summed E-state index contributed by atoms with van der Waals surface area (Å²) >= 11 is 0. The third kappa shape index (κ3) is 5.54. The van der Waals surface area contributed by atoms with Crippen molar-refractivity contribution < 1.29 is 32.3 Å². The van der Waals surface area contributed by atoms with Crippen LogP contribution >= 0.6 is 0 Å². The normalized spacial score (nSPS) is 20.4. The lowest BCUT2D eigenvalue weighted by atomic mass is 10.1. The first kappa shape index (κ1) is 19.4. The number of anilines is 1. The number of aryl methyl sites for hydroxylation is 1. The largest absolute Gasteiger partial charge is 0.416 e. The van der Waals surface area contributed by atoms with Crippen LogP contribution in [0.15, 0.2) is 34.9 Å². The average Bonchev–Trinajstić information content (AvgIpc) is 3.01. The highest BCUT2D eigenvalue weighted by Gasteiger charge is 2.31. The summed E-state index contributed by atoms with van der Waals surface area (Å²) in [5, 5.41) is 6.44. The lowest BCUT2D eigenvalue weighted by Gasteiger charge is -2.29. The van der Waals surface area contributed by atoms with Gasteiger partial charge in [-0.1, -0.05) is 17.3 Å². The first-order valence-electron chi connectivity index (χ1n) is 8.86. The zero-order valence-corrected chi connectivity index (χ0v) is 15.0. The average molecular weight is 384 g/mol. The second-order valence-corrected chi connectivity index (χ2v) is 6.92. The molecule has 6 nitrogen and oxygen atoms in total. The molecule has 27 heavy (non-hydrogen) atoms. The molecule has 3 rings (SSSR count). The molecule has 9 heteroatoms. The van der Waals surface area contributed by atoms with Gasteiger partial charge in [0.15, 0.2) is 12.4 Å². The Morgan fingerprint density at radius 1 is 1.19 bits per heavy atom. The van der Waals surface area contributed by atoms with Crippen LogP contribution in [0, 0.1) is 6.92 Å². The third-order valence-electron chi connectivity index (χ3n) is 4.68. The topological polar surface area (TPSA) is 64.0 Å². The Labute approximate surface area is 154 Å². The fourth-order valence-electron chi connectivity index (χ4n) is 3.30. The van der Waals surface area contributed by atoms with Crippen LogP contribution in [0.5, 0.6) is 0 Å². The molecule has 3 N–H and O–H groups in total. The maximum atomic E-state index is 12.8. The van der Waals surface area contributed by atoms with E-state index in [4.69, 9.17) is 4.52 Å². The number of piperazine rings is 1. The molecule has 0 radical (unpaired) electrons. The summed E-state index contributed by atoms with van der Waals surface area (Å²) in [6, 6.07) is 7.16. The van der Waals surface area contributed by atoms with Crippen LogP contribution < -0.4 is 15.1 Å². The number of hydrogen-bond acceptors (Lipinski definition) is 3. The maximum absolute atomic E-state index is 12.8. The summed E-state index contributed by atoms with van der Waals surface area (Å²) in [7, 11) is 0. The lowest BCUT2D eigenvalue weighted by Crippen LogP contribution is -3.28. The van der Waals surface area contributed by atoms with Crippen molar-refractivity contribution in [1.29, 1.82) is 0 Å². The van der Waals surface area contributed by atoms with E-state index in [1.807, 2.05) is 0 Å². The van der Waals surface area contributed by atoms with Crippen molar-refractivity contribution in [2.45, 2.75) is 19.6 Å². The van der Waals surface area contributed by atoms with E-state index in [-0.39, 0.29) is 5.91 Å². The van der Waals surface area contributed by atoms with Crippen molar-refractivity contribution in [1.82, 2.24) is 5.16 Å². The van der Waals surface area contributed by atoms with Gasteiger partial charge in [0, 0.05) is 11.6 Å². The maximum Gasteiger partial charge on any atom is 0.416 e. The molecule has 146 valence electrons. The number of alkyl halides is 3. The van der Waals surface area contributed by atoms with Crippen LogP contribution in [0.4, 0.5) is 19.0 Å². The van der Waals surface area contributed by atoms with E-state index in [9.17, 15) is 18.0 Å². The molecule has 1 aromatic carbocycles. The number of carbonyl (C=O) groups excluding carboxylic acids is 1. The predicted molar refractivity (Wildman–Crippen MR) is 91.3 cm³/mol. The van der Waals surface area contributed by atoms with E-state index < -0.39 is 11.7 Å². The second-order valence-electron chi connectivity index (χ2n) is 6.92. The molecule has 0 bridgehead atoms. The minimum absolute atomic E-state index is 0.125. The highest BCUT2D eigenvalue weighted by molar-refractivity contribution is 5.90. The number of rotatable bonds is 5. The van der Waals surface area contributed by atoms with Gasteiger partial charge in [-0.25, -0.2) is 0 Å². The number of nitrogens with zero attached hydrogens (tertiary/aromatic N) is 1. The van der Waals surface area contributed by atoms with Crippen LogP contribution in [-0.4, -0.2) is 43.8 Å². The SMILES string of the molecule is Cc1cc(NC(=O)C[NH+]2CC[NH+](Cc3cccc(C(F)(F)F)c3)CC2)no1. The van der Waals surface area contributed by atoms with Gasteiger partial charge < -0.3 is 19.6 Å². The number of nitrogens with one attached hydrogen (secondary N) is 3. The Hall–Kier alpha value is -2.39. The Morgan fingerprint density at radius 3 is 2.52 bits per heavy atom. The molecule has 0 spiro atoms. The van der Waals surface area contributed by atoms with Gasteiger partial charge in [-0.2, -0.15) is 13.2 Å². The molecular formula is C18H23F3N4O2+2. The lowest BCUT2D eigenvalue weighted by molar-refractivity contribution is -1.02. The van der Waals surface area contributed by atoms with Crippen LogP contribution in [0.25, 0.3) is 0 Å². The molecular weight excluding hydrogens is 361 g/mol. The number of carbonyl (C=O) groups is 1. The number of amides is 1. The first-order valence-corrected chi connectivity index (χ1v) is 8.86. The van der Waals surface area contributed by atoms with Gasteiger partial charge >= 0.3 is 6.18 Å². The van der Waals surface area contributed by atoms with E-state index in [0.29, 0.717) is 30.2 Å². The third-order valence-corrected chi connectivity index (χ3v) is 4.68. The zero-order valence-electron chi connectivity index (χ0n) is 15.0. The van der Waals surface area contributed by atoms with Gasteiger partial charge in [0.25, 0.3) is 5.91 Å². The second kappa shape index (κ2) is 8.10. The van der Waals surface area contributed by atoms with E-state index in [0.717, 1.165) is 37.1 Å². The Morgan fingerprint density at radius 2 is 1.89 bits per heavy atom. The Bertz CT molecular complexity index is 783. The molecule has 2 aromatic rings. The van der Waals surface area contributed by atoms with Gasteiger partial charge in [0.1, 0.15) is 38.5 Å². The standard InChI is InChI=1S/C18H21F3N4O2/c1-13-9-16(23-27-13)22-17(26)12-25-7-5-24(6-8-25)11-14-3-2-4-15(10-14)18(19,20)21/h2-4,9-10H,5-8,11-12H2,1H3,(H,22,23,26)/p+2. The van der Waals surface area contributed by atoms with Gasteiger partial charge in [0.2, 0.25) is 0 Å². The smallest absolute Gasteiger partial charge is 0.360 e. The molecule has 0 atom stereocenters. The van der Waals surface area contributed by atoms with E-state index in [1.165, 1.54) is 17.0 Å². The van der Waals surface area contributed by atoms with Gasteiger partial charge in [-0.05, 0) is 19.1 Å². The molecule has 1 aliphatic rings. The summed E-state index contributed by atoms with van der Waals surface area (Å²) in [6.45, 7) is 5.84. The quantitative estimate of drug-likeness (QED) is 0.676. The Balaban J connectivity index is 1.45. The van der Waals surface area contributed by atoms with Crippen LogP contribution in [-0.2, 0) is 17.5 Å². The fraction of sp³-hybridized carbons (Fsp3) is 0.444. The number of hydrogen-bond donors (Lipinski definition) is 3. The summed E-state index contributed by atoms with van der Waals surface area (Å²) in [5.74, 6) is 0.912. The molecule has 0 saturated carbocycles. The molecule has 1 amide bonds.